The summed E-state index contributed by atoms with van der Waals surface area (Å²) in [6, 6.07) is 9.91. The van der Waals surface area contributed by atoms with Crippen molar-refractivity contribution in [3.8, 4) is 0 Å². The first-order chi connectivity index (χ1) is 8.22. The van der Waals surface area contributed by atoms with Crippen LogP contribution in [-0.4, -0.2) is 11.9 Å². The molecule has 0 aromatic heterocycles. The number of hydrogen-bond acceptors (Lipinski definition) is 2. The number of rotatable bonds is 5. The van der Waals surface area contributed by atoms with Crippen LogP contribution in [0.5, 0.6) is 0 Å². The van der Waals surface area contributed by atoms with E-state index in [1.807, 2.05) is 25.1 Å². The Morgan fingerprint density at radius 2 is 2.00 bits per heavy atom. The van der Waals surface area contributed by atoms with Crippen LogP contribution in [-0.2, 0) is 4.79 Å². The van der Waals surface area contributed by atoms with E-state index in [9.17, 15) is 4.79 Å². The van der Waals surface area contributed by atoms with Crippen molar-refractivity contribution in [1.29, 1.82) is 0 Å². The molecular weight excluding hydrogens is 248 g/mol. The molecule has 1 aromatic rings. The molecule has 0 radical (unpaired) electrons. The van der Waals surface area contributed by atoms with Gasteiger partial charge >= 0.3 is 0 Å². The minimum absolute atomic E-state index is 0. The predicted octanol–water partition coefficient (Wildman–Crippen LogP) is 2.41. The second-order valence-electron chi connectivity index (χ2n) is 4.75. The SMILES string of the molecule is CC[C@H](N)C(=O)NC(c1ccccc1)C1CC1.Cl. The molecular formula is C14H21ClN2O. The van der Waals surface area contributed by atoms with Gasteiger partial charge in [-0.15, -0.1) is 12.4 Å². The smallest absolute Gasteiger partial charge is 0.237 e. The fourth-order valence-corrected chi connectivity index (χ4v) is 2.01. The van der Waals surface area contributed by atoms with Gasteiger partial charge in [0.2, 0.25) is 5.91 Å². The molecule has 1 saturated carbocycles. The van der Waals surface area contributed by atoms with Crippen molar-refractivity contribution in [2.45, 2.75) is 38.3 Å². The van der Waals surface area contributed by atoms with Gasteiger partial charge in [0.05, 0.1) is 12.1 Å². The highest BCUT2D eigenvalue weighted by Crippen LogP contribution is 2.40. The Morgan fingerprint density at radius 3 is 2.50 bits per heavy atom. The van der Waals surface area contributed by atoms with Crippen LogP contribution in [0, 0.1) is 5.92 Å². The molecule has 1 aliphatic carbocycles. The average Bonchev–Trinajstić information content (AvgIpc) is 3.20. The molecule has 1 amide bonds. The van der Waals surface area contributed by atoms with E-state index in [1.165, 1.54) is 18.4 Å². The molecule has 0 aliphatic heterocycles. The van der Waals surface area contributed by atoms with E-state index in [1.54, 1.807) is 0 Å². The first kappa shape index (κ1) is 15.0. The van der Waals surface area contributed by atoms with Gasteiger partial charge in [-0.25, -0.2) is 0 Å². The van der Waals surface area contributed by atoms with Crippen LogP contribution in [0.15, 0.2) is 30.3 Å². The quantitative estimate of drug-likeness (QED) is 0.862. The topological polar surface area (TPSA) is 55.1 Å². The summed E-state index contributed by atoms with van der Waals surface area (Å²) in [5.41, 5.74) is 6.94. The van der Waals surface area contributed by atoms with Gasteiger partial charge in [-0.2, -0.15) is 0 Å². The van der Waals surface area contributed by atoms with Gasteiger partial charge in [0.25, 0.3) is 0 Å². The van der Waals surface area contributed by atoms with Gasteiger partial charge < -0.3 is 11.1 Å². The van der Waals surface area contributed by atoms with Gasteiger partial charge in [-0.3, -0.25) is 4.79 Å². The molecule has 1 unspecified atom stereocenters. The molecule has 0 heterocycles. The molecule has 2 rings (SSSR count). The fraction of sp³-hybridized carbons (Fsp3) is 0.500. The van der Waals surface area contributed by atoms with Crippen molar-refractivity contribution in [1.82, 2.24) is 5.32 Å². The lowest BCUT2D eigenvalue weighted by molar-refractivity contribution is -0.123. The summed E-state index contributed by atoms with van der Waals surface area (Å²) in [6.45, 7) is 1.93. The molecule has 0 spiro atoms. The van der Waals surface area contributed by atoms with Crippen molar-refractivity contribution in [3.05, 3.63) is 35.9 Å². The zero-order chi connectivity index (χ0) is 12.3. The highest BCUT2D eigenvalue weighted by atomic mass is 35.5. The summed E-state index contributed by atoms with van der Waals surface area (Å²) in [4.78, 5) is 11.9. The van der Waals surface area contributed by atoms with E-state index in [0.717, 1.165) is 0 Å². The maximum absolute atomic E-state index is 11.9. The third-order valence-electron chi connectivity index (χ3n) is 3.33. The molecule has 100 valence electrons. The first-order valence-electron chi connectivity index (χ1n) is 6.33. The van der Waals surface area contributed by atoms with Crippen LogP contribution in [0.2, 0.25) is 0 Å². The zero-order valence-corrected chi connectivity index (χ0v) is 11.5. The van der Waals surface area contributed by atoms with Gasteiger partial charge in [0.1, 0.15) is 0 Å². The number of halogens is 1. The lowest BCUT2D eigenvalue weighted by Gasteiger charge is -2.20. The number of nitrogens with one attached hydrogen (secondary N) is 1. The van der Waals surface area contributed by atoms with Crippen molar-refractivity contribution in [3.63, 3.8) is 0 Å². The highest BCUT2D eigenvalue weighted by Gasteiger charge is 2.33. The second kappa shape index (κ2) is 6.76. The molecule has 0 saturated heterocycles. The predicted molar refractivity (Wildman–Crippen MR) is 75.6 cm³/mol. The minimum Gasteiger partial charge on any atom is -0.348 e. The molecule has 1 fully saturated rings. The van der Waals surface area contributed by atoms with Crippen molar-refractivity contribution in [2.75, 3.05) is 0 Å². The average molecular weight is 269 g/mol. The normalized spacial score (nSPS) is 17.4. The maximum atomic E-state index is 11.9. The summed E-state index contributed by atoms with van der Waals surface area (Å²) < 4.78 is 0. The molecule has 0 bridgehead atoms. The standard InChI is InChI=1S/C14H20N2O.ClH/c1-2-12(15)14(17)16-13(11-8-9-11)10-6-4-3-5-7-10;/h3-7,11-13H,2,8-9,15H2,1H3,(H,16,17);1H/t12-,13?;/m0./s1. The molecule has 1 aliphatic rings. The van der Waals surface area contributed by atoms with E-state index < -0.39 is 0 Å². The van der Waals surface area contributed by atoms with Crippen LogP contribution in [0.4, 0.5) is 0 Å². The monoisotopic (exact) mass is 268 g/mol. The van der Waals surface area contributed by atoms with Crippen molar-refractivity contribution >= 4 is 18.3 Å². The Morgan fingerprint density at radius 1 is 1.39 bits per heavy atom. The molecule has 4 heteroatoms. The summed E-state index contributed by atoms with van der Waals surface area (Å²) >= 11 is 0. The molecule has 3 N–H and O–H groups in total. The number of carbonyl (C=O) groups excluding carboxylic acids is 1. The first-order valence-corrected chi connectivity index (χ1v) is 6.33. The summed E-state index contributed by atoms with van der Waals surface area (Å²) in [7, 11) is 0. The Hall–Kier alpha value is -1.06. The van der Waals surface area contributed by atoms with Crippen LogP contribution in [0.3, 0.4) is 0 Å². The van der Waals surface area contributed by atoms with Crippen LogP contribution in [0.25, 0.3) is 0 Å². The lowest BCUT2D eigenvalue weighted by atomic mass is 10.0. The van der Waals surface area contributed by atoms with Gasteiger partial charge in [-0.1, -0.05) is 37.3 Å². The molecule has 1 aromatic carbocycles. The van der Waals surface area contributed by atoms with E-state index in [2.05, 4.69) is 17.4 Å². The fourth-order valence-electron chi connectivity index (χ4n) is 2.01. The van der Waals surface area contributed by atoms with E-state index in [4.69, 9.17) is 5.73 Å². The van der Waals surface area contributed by atoms with Crippen LogP contribution in [0.1, 0.15) is 37.8 Å². The Balaban J connectivity index is 0.00000162. The van der Waals surface area contributed by atoms with Crippen LogP contribution < -0.4 is 11.1 Å². The van der Waals surface area contributed by atoms with Crippen LogP contribution >= 0.6 is 12.4 Å². The summed E-state index contributed by atoms with van der Waals surface area (Å²) in [5.74, 6) is 0.554. The second-order valence-corrected chi connectivity index (χ2v) is 4.75. The number of amides is 1. The number of carbonyl (C=O) groups is 1. The van der Waals surface area contributed by atoms with E-state index in [0.29, 0.717) is 12.3 Å². The van der Waals surface area contributed by atoms with E-state index in [-0.39, 0.29) is 30.4 Å². The molecule has 18 heavy (non-hydrogen) atoms. The lowest BCUT2D eigenvalue weighted by Crippen LogP contribution is -2.42. The Labute approximate surface area is 115 Å². The minimum atomic E-state index is -0.389. The zero-order valence-electron chi connectivity index (χ0n) is 10.6. The van der Waals surface area contributed by atoms with Gasteiger partial charge in [0.15, 0.2) is 0 Å². The Kier molecular flexibility index (Phi) is 5.63. The maximum Gasteiger partial charge on any atom is 0.237 e. The van der Waals surface area contributed by atoms with E-state index >= 15 is 0 Å². The summed E-state index contributed by atoms with van der Waals surface area (Å²) in [6.07, 6.45) is 3.07. The third-order valence-corrected chi connectivity index (χ3v) is 3.33. The number of nitrogens with two attached hydrogens (primary N) is 1. The van der Waals surface area contributed by atoms with Crippen molar-refractivity contribution in [2.24, 2.45) is 11.7 Å². The third kappa shape index (κ3) is 3.72. The van der Waals surface area contributed by atoms with Crippen molar-refractivity contribution < 1.29 is 4.79 Å². The van der Waals surface area contributed by atoms with Gasteiger partial charge in [0, 0.05) is 0 Å². The number of hydrogen-bond donors (Lipinski definition) is 2. The molecule has 2 atom stereocenters. The van der Waals surface area contributed by atoms with Gasteiger partial charge in [-0.05, 0) is 30.7 Å². The highest BCUT2D eigenvalue weighted by molar-refractivity contribution is 5.85. The number of benzene rings is 1. The Bertz CT molecular complexity index is 379. The largest absolute Gasteiger partial charge is 0.348 e. The molecule has 3 nitrogen and oxygen atoms in total. The summed E-state index contributed by atoms with van der Waals surface area (Å²) in [5, 5.41) is 3.08.